The van der Waals surface area contributed by atoms with Crippen molar-refractivity contribution in [1.29, 1.82) is 0 Å². The highest BCUT2D eigenvalue weighted by Crippen LogP contribution is 2.33. The van der Waals surface area contributed by atoms with E-state index in [2.05, 4.69) is 5.32 Å². The normalized spacial score (nSPS) is 17.9. The van der Waals surface area contributed by atoms with Crippen molar-refractivity contribution in [3.8, 4) is 5.75 Å². The Morgan fingerprint density at radius 3 is 2.67 bits per heavy atom. The van der Waals surface area contributed by atoms with E-state index in [1.54, 1.807) is 7.05 Å². The number of nitrogens with two attached hydrogens (primary N) is 1. The van der Waals surface area contributed by atoms with E-state index in [0.29, 0.717) is 19.5 Å². The molecule has 3 rings (SSSR count). The molecule has 10 nitrogen and oxygen atoms in total. The second-order valence-corrected chi connectivity index (χ2v) is 6.87. The summed E-state index contributed by atoms with van der Waals surface area (Å²) < 4.78 is 5.53. The Labute approximate surface area is 179 Å². The van der Waals surface area contributed by atoms with Crippen molar-refractivity contribution in [3.05, 3.63) is 29.3 Å². The highest BCUT2D eigenvalue weighted by molar-refractivity contribution is 6.24. The first-order chi connectivity index (χ1) is 13.8. The molecule has 0 spiro atoms. The summed E-state index contributed by atoms with van der Waals surface area (Å²) in [5, 5.41) is 2.14. The van der Waals surface area contributed by atoms with Gasteiger partial charge in [0, 0.05) is 20.0 Å². The van der Waals surface area contributed by atoms with Gasteiger partial charge in [0.25, 0.3) is 17.7 Å². The van der Waals surface area contributed by atoms with Crippen LogP contribution in [-0.2, 0) is 14.4 Å². The van der Waals surface area contributed by atoms with Gasteiger partial charge in [-0.05, 0) is 31.5 Å². The van der Waals surface area contributed by atoms with Crippen LogP contribution in [0.2, 0.25) is 0 Å². The van der Waals surface area contributed by atoms with Crippen LogP contribution in [0.25, 0.3) is 0 Å². The largest absolute Gasteiger partial charge is 0.483 e. The summed E-state index contributed by atoms with van der Waals surface area (Å²) in [6.45, 7) is 0.626. The van der Waals surface area contributed by atoms with Crippen LogP contribution in [0.5, 0.6) is 5.75 Å². The van der Waals surface area contributed by atoms with Crippen molar-refractivity contribution in [1.82, 2.24) is 15.1 Å². The van der Waals surface area contributed by atoms with Crippen molar-refractivity contribution < 1.29 is 28.7 Å². The molecule has 0 saturated carbocycles. The lowest BCUT2D eigenvalue weighted by molar-refractivity contribution is -0.136. The smallest absolute Gasteiger partial charge is 0.266 e. The maximum absolute atomic E-state index is 12.9. The van der Waals surface area contributed by atoms with Crippen LogP contribution in [0.1, 0.15) is 40.0 Å². The molecule has 1 atom stereocenters. The molecule has 1 saturated heterocycles. The van der Waals surface area contributed by atoms with Crippen LogP contribution >= 0.6 is 12.4 Å². The summed E-state index contributed by atoms with van der Waals surface area (Å²) in [5.74, 6) is -2.64. The molecular formula is C19H23ClN4O6. The Morgan fingerprint density at radius 1 is 1.27 bits per heavy atom. The average molecular weight is 439 g/mol. The predicted molar refractivity (Wildman–Crippen MR) is 107 cm³/mol. The maximum atomic E-state index is 12.9. The number of rotatable bonds is 7. The Kier molecular flexibility index (Phi) is 7.52. The molecule has 162 valence electrons. The lowest BCUT2D eigenvalue weighted by Crippen LogP contribution is -2.54. The molecule has 1 aromatic rings. The fourth-order valence-corrected chi connectivity index (χ4v) is 3.31. The van der Waals surface area contributed by atoms with Gasteiger partial charge >= 0.3 is 0 Å². The molecule has 2 heterocycles. The van der Waals surface area contributed by atoms with E-state index >= 15 is 0 Å². The fraction of sp³-hybridized carbons (Fsp3) is 0.421. The summed E-state index contributed by atoms with van der Waals surface area (Å²) in [7, 11) is 1.62. The number of nitrogens with one attached hydrogen (secondary N) is 1. The van der Waals surface area contributed by atoms with E-state index in [4.69, 9.17) is 10.5 Å². The Bertz CT molecular complexity index is 890. The molecule has 1 aromatic carbocycles. The molecule has 2 aliphatic rings. The van der Waals surface area contributed by atoms with E-state index in [1.165, 1.54) is 23.1 Å². The van der Waals surface area contributed by atoms with Gasteiger partial charge in [-0.15, -0.1) is 12.4 Å². The number of ether oxygens (including phenoxy) is 1. The van der Waals surface area contributed by atoms with Gasteiger partial charge in [-0.1, -0.05) is 6.07 Å². The summed E-state index contributed by atoms with van der Waals surface area (Å²) in [6, 6.07) is 3.43. The fourth-order valence-electron chi connectivity index (χ4n) is 3.31. The zero-order valence-corrected chi connectivity index (χ0v) is 17.2. The average Bonchev–Trinajstić information content (AvgIpc) is 2.95. The van der Waals surface area contributed by atoms with Crippen molar-refractivity contribution in [2.75, 3.05) is 26.7 Å². The molecule has 5 amide bonds. The number of fused-ring (bicyclic) bond motifs is 1. The molecule has 0 bridgehead atoms. The van der Waals surface area contributed by atoms with Gasteiger partial charge in [0.2, 0.25) is 11.8 Å². The monoisotopic (exact) mass is 438 g/mol. The van der Waals surface area contributed by atoms with Gasteiger partial charge in [0.15, 0.2) is 6.61 Å². The van der Waals surface area contributed by atoms with Crippen LogP contribution in [-0.4, -0.2) is 72.1 Å². The molecule has 1 unspecified atom stereocenters. The zero-order valence-electron chi connectivity index (χ0n) is 16.4. The Morgan fingerprint density at radius 2 is 2.00 bits per heavy atom. The van der Waals surface area contributed by atoms with Crippen molar-refractivity contribution >= 4 is 41.9 Å². The molecule has 0 aromatic heterocycles. The third-order valence-electron chi connectivity index (χ3n) is 4.90. The maximum Gasteiger partial charge on any atom is 0.266 e. The Hall–Kier alpha value is -2.98. The Balaban J connectivity index is 0.00000320. The number of halogens is 1. The minimum atomic E-state index is -1.06. The summed E-state index contributed by atoms with van der Waals surface area (Å²) >= 11 is 0. The van der Waals surface area contributed by atoms with Crippen molar-refractivity contribution in [2.45, 2.75) is 25.3 Å². The number of hydrogen-bond acceptors (Lipinski definition) is 7. The van der Waals surface area contributed by atoms with Gasteiger partial charge < -0.3 is 15.4 Å². The highest BCUT2D eigenvalue weighted by atomic mass is 35.5. The topological polar surface area (TPSA) is 139 Å². The lowest BCUT2D eigenvalue weighted by atomic mass is 10.0. The van der Waals surface area contributed by atoms with Gasteiger partial charge in [-0.25, -0.2) is 0 Å². The second-order valence-electron chi connectivity index (χ2n) is 6.87. The van der Waals surface area contributed by atoms with Crippen LogP contribution in [0.4, 0.5) is 0 Å². The van der Waals surface area contributed by atoms with Crippen molar-refractivity contribution in [3.63, 3.8) is 0 Å². The number of likely N-dealkylation sites (N-methyl/N-ethyl adjacent to an activating group) is 1. The number of piperidine rings is 1. The summed E-state index contributed by atoms with van der Waals surface area (Å²) in [4.78, 5) is 63.6. The minimum Gasteiger partial charge on any atom is -0.483 e. The molecule has 11 heteroatoms. The molecule has 30 heavy (non-hydrogen) atoms. The number of imide groups is 2. The molecule has 3 N–H and O–H groups in total. The van der Waals surface area contributed by atoms with Crippen LogP contribution in [0, 0.1) is 0 Å². The SMILES string of the molecule is CN(CCCN)C(=O)COc1cccc2c1C(=O)N(C1CCC(=O)NC1=O)C2=O.Cl. The van der Waals surface area contributed by atoms with E-state index in [9.17, 15) is 24.0 Å². The standard InChI is InChI=1S/C19H22N4O6.ClH/c1-22(9-3-8-20)15(25)10-29-13-5-2-4-11-16(13)19(28)23(18(11)27)12-6-7-14(24)21-17(12)26;/h2,4-5,12H,3,6-10,20H2,1H3,(H,21,24,26);1H. The van der Waals surface area contributed by atoms with E-state index in [-0.39, 0.29) is 54.6 Å². The van der Waals surface area contributed by atoms with Crippen LogP contribution in [0.15, 0.2) is 18.2 Å². The molecular weight excluding hydrogens is 416 g/mol. The van der Waals surface area contributed by atoms with Gasteiger partial charge in [0.05, 0.1) is 11.1 Å². The molecule has 0 radical (unpaired) electrons. The van der Waals surface area contributed by atoms with E-state index in [0.717, 1.165) is 4.90 Å². The summed E-state index contributed by atoms with van der Waals surface area (Å²) in [5.41, 5.74) is 5.55. The van der Waals surface area contributed by atoms with Gasteiger partial charge in [-0.2, -0.15) is 0 Å². The quantitative estimate of drug-likeness (QED) is 0.557. The van der Waals surface area contributed by atoms with Gasteiger partial charge in [0.1, 0.15) is 11.8 Å². The molecule has 1 fully saturated rings. The number of carbonyl (C=O) groups is 5. The van der Waals surface area contributed by atoms with E-state index in [1.807, 2.05) is 0 Å². The van der Waals surface area contributed by atoms with Crippen LogP contribution in [0.3, 0.4) is 0 Å². The second kappa shape index (κ2) is 9.68. The number of benzene rings is 1. The predicted octanol–water partition coefficient (Wildman–Crippen LogP) is -0.304. The highest BCUT2D eigenvalue weighted by Gasteiger charge is 2.46. The zero-order chi connectivity index (χ0) is 21.1. The lowest BCUT2D eigenvalue weighted by Gasteiger charge is -2.27. The number of hydrogen-bond donors (Lipinski definition) is 2. The molecule has 0 aliphatic carbocycles. The van der Waals surface area contributed by atoms with E-state index < -0.39 is 29.7 Å². The molecule has 2 aliphatic heterocycles. The first-order valence-electron chi connectivity index (χ1n) is 9.26. The summed E-state index contributed by atoms with van der Waals surface area (Å²) in [6.07, 6.45) is 0.754. The first-order valence-corrected chi connectivity index (χ1v) is 9.26. The van der Waals surface area contributed by atoms with Gasteiger partial charge in [-0.3, -0.25) is 34.2 Å². The third kappa shape index (κ3) is 4.44. The number of amides is 5. The number of nitrogens with zero attached hydrogens (tertiary/aromatic N) is 2. The van der Waals surface area contributed by atoms with Crippen molar-refractivity contribution in [2.24, 2.45) is 5.73 Å². The van der Waals surface area contributed by atoms with Crippen LogP contribution < -0.4 is 15.8 Å². The third-order valence-corrected chi connectivity index (χ3v) is 4.90. The minimum absolute atomic E-state index is 0. The first kappa shape index (κ1) is 23.3. The number of carbonyl (C=O) groups excluding carboxylic acids is 5.